The highest BCUT2D eigenvalue weighted by atomic mass is 19.4. The van der Waals surface area contributed by atoms with Crippen molar-refractivity contribution >= 4 is 0 Å². The molecule has 0 atom stereocenters. The number of halogens is 3. The van der Waals surface area contributed by atoms with Crippen LogP contribution < -0.4 is 10.6 Å². The molecule has 0 spiro atoms. The zero-order valence-corrected chi connectivity index (χ0v) is 13.9. The lowest BCUT2D eigenvalue weighted by atomic mass is 9.98. The summed E-state index contributed by atoms with van der Waals surface area (Å²) >= 11 is 0. The van der Waals surface area contributed by atoms with Crippen LogP contribution in [0.2, 0.25) is 0 Å². The van der Waals surface area contributed by atoms with Crippen LogP contribution in [-0.2, 0) is 12.7 Å². The van der Waals surface area contributed by atoms with Crippen molar-refractivity contribution in [1.29, 1.82) is 0 Å². The average molecular weight is 349 g/mol. The SMILES string of the molecule is FC(F)(F)c1ccccc1-c1cccc(CNCC2CCNCC2)n1. The predicted molar refractivity (Wildman–Crippen MR) is 92.0 cm³/mol. The summed E-state index contributed by atoms with van der Waals surface area (Å²) in [5, 5.41) is 6.72. The smallest absolute Gasteiger partial charge is 0.317 e. The lowest BCUT2D eigenvalue weighted by Gasteiger charge is -2.22. The number of piperidine rings is 1. The Balaban J connectivity index is 1.69. The van der Waals surface area contributed by atoms with Crippen LogP contribution in [0.15, 0.2) is 42.5 Å². The van der Waals surface area contributed by atoms with Gasteiger partial charge in [0.2, 0.25) is 0 Å². The summed E-state index contributed by atoms with van der Waals surface area (Å²) in [5.74, 6) is 0.649. The van der Waals surface area contributed by atoms with Gasteiger partial charge in [0.1, 0.15) is 0 Å². The van der Waals surface area contributed by atoms with Crippen LogP contribution in [0.25, 0.3) is 11.3 Å². The van der Waals surface area contributed by atoms with Crippen molar-refractivity contribution in [1.82, 2.24) is 15.6 Å². The second-order valence-electron chi connectivity index (χ2n) is 6.38. The molecular formula is C19H22F3N3. The summed E-state index contributed by atoms with van der Waals surface area (Å²) in [6.07, 6.45) is -2.08. The molecule has 3 nitrogen and oxygen atoms in total. The molecule has 25 heavy (non-hydrogen) atoms. The van der Waals surface area contributed by atoms with Crippen molar-refractivity contribution in [3.8, 4) is 11.3 Å². The van der Waals surface area contributed by atoms with Gasteiger partial charge in [-0.15, -0.1) is 0 Å². The number of nitrogens with one attached hydrogen (secondary N) is 2. The highest BCUT2D eigenvalue weighted by molar-refractivity contribution is 5.64. The molecule has 1 aliphatic heterocycles. The first-order valence-electron chi connectivity index (χ1n) is 8.58. The van der Waals surface area contributed by atoms with E-state index in [2.05, 4.69) is 15.6 Å². The number of hydrogen-bond donors (Lipinski definition) is 2. The lowest BCUT2D eigenvalue weighted by Crippen LogP contribution is -2.33. The summed E-state index contributed by atoms with van der Waals surface area (Å²) in [6.45, 7) is 3.57. The largest absolute Gasteiger partial charge is 0.417 e. The van der Waals surface area contributed by atoms with E-state index in [0.29, 0.717) is 18.2 Å². The maximum atomic E-state index is 13.2. The van der Waals surface area contributed by atoms with Crippen LogP contribution in [0.4, 0.5) is 13.2 Å². The third-order valence-electron chi connectivity index (χ3n) is 4.51. The average Bonchev–Trinajstić information content (AvgIpc) is 2.62. The molecule has 2 aromatic rings. The van der Waals surface area contributed by atoms with E-state index >= 15 is 0 Å². The topological polar surface area (TPSA) is 37.0 Å². The van der Waals surface area contributed by atoms with Gasteiger partial charge in [0, 0.05) is 12.1 Å². The molecule has 1 aliphatic rings. The van der Waals surface area contributed by atoms with Gasteiger partial charge in [-0.25, -0.2) is 0 Å². The zero-order chi connectivity index (χ0) is 17.7. The molecule has 1 fully saturated rings. The number of nitrogens with zero attached hydrogens (tertiary/aromatic N) is 1. The van der Waals surface area contributed by atoms with E-state index < -0.39 is 11.7 Å². The summed E-state index contributed by atoms with van der Waals surface area (Å²) in [5.41, 5.74) is 0.579. The van der Waals surface area contributed by atoms with E-state index in [9.17, 15) is 13.2 Å². The molecule has 2 N–H and O–H groups in total. The first-order valence-corrected chi connectivity index (χ1v) is 8.58. The van der Waals surface area contributed by atoms with Crippen molar-refractivity contribution < 1.29 is 13.2 Å². The fraction of sp³-hybridized carbons (Fsp3) is 0.421. The Hall–Kier alpha value is -1.92. The fourth-order valence-electron chi connectivity index (χ4n) is 3.17. The normalized spacial score (nSPS) is 16.1. The third kappa shape index (κ3) is 4.80. The van der Waals surface area contributed by atoms with E-state index in [0.717, 1.165) is 44.2 Å². The summed E-state index contributed by atoms with van der Waals surface area (Å²) in [6, 6.07) is 10.8. The predicted octanol–water partition coefficient (Wildman–Crippen LogP) is 3.86. The van der Waals surface area contributed by atoms with Gasteiger partial charge < -0.3 is 10.6 Å². The van der Waals surface area contributed by atoms with Gasteiger partial charge in [-0.05, 0) is 56.6 Å². The van der Waals surface area contributed by atoms with E-state index in [1.165, 1.54) is 12.1 Å². The van der Waals surface area contributed by atoms with Crippen molar-refractivity contribution in [2.24, 2.45) is 5.92 Å². The number of benzene rings is 1. The zero-order valence-electron chi connectivity index (χ0n) is 13.9. The molecule has 1 saturated heterocycles. The van der Waals surface area contributed by atoms with Crippen LogP contribution in [0.5, 0.6) is 0 Å². The standard InChI is InChI=1S/C19H22F3N3/c20-19(21,22)17-6-2-1-5-16(17)18-7-3-4-15(25-18)13-24-12-14-8-10-23-11-9-14/h1-7,14,23-24H,8-13H2. The number of hydrogen-bond acceptors (Lipinski definition) is 3. The maximum Gasteiger partial charge on any atom is 0.417 e. The highest BCUT2D eigenvalue weighted by Gasteiger charge is 2.33. The lowest BCUT2D eigenvalue weighted by molar-refractivity contribution is -0.137. The van der Waals surface area contributed by atoms with Crippen LogP contribution >= 0.6 is 0 Å². The van der Waals surface area contributed by atoms with Gasteiger partial charge in [-0.2, -0.15) is 13.2 Å². The Bertz CT molecular complexity index is 694. The quantitative estimate of drug-likeness (QED) is 0.861. The molecule has 0 bridgehead atoms. The fourth-order valence-corrected chi connectivity index (χ4v) is 3.17. The minimum absolute atomic E-state index is 0.121. The van der Waals surface area contributed by atoms with Crippen molar-refractivity contribution in [3.63, 3.8) is 0 Å². The molecule has 1 aromatic carbocycles. The molecule has 0 aliphatic carbocycles. The summed E-state index contributed by atoms with van der Waals surface area (Å²) in [7, 11) is 0. The van der Waals surface area contributed by atoms with Crippen molar-refractivity contribution in [3.05, 3.63) is 53.7 Å². The van der Waals surface area contributed by atoms with E-state index in [4.69, 9.17) is 0 Å². The molecule has 0 unspecified atom stereocenters. The van der Waals surface area contributed by atoms with Crippen LogP contribution in [-0.4, -0.2) is 24.6 Å². The number of pyridine rings is 1. The summed E-state index contributed by atoms with van der Waals surface area (Å²) < 4.78 is 39.6. The van der Waals surface area contributed by atoms with Gasteiger partial charge in [0.15, 0.2) is 0 Å². The number of rotatable bonds is 5. The van der Waals surface area contributed by atoms with Crippen LogP contribution in [0, 0.1) is 5.92 Å². The van der Waals surface area contributed by atoms with Gasteiger partial charge in [0.25, 0.3) is 0 Å². The molecule has 3 rings (SSSR count). The Kier molecular flexibility index (Phi) is 5.71. The summed E-state index contributed by atoms with van der Waals surface area (Å²) in [4.78, 5) is 4.42. The minimum Gasteiger partial charge on any atom is -0.317 e. The Morgan fingerprint density at radius 1 is 1.04 bits per heavy atom. The third-order valence-corrected chi connectivity index (χ3v) is 4.51. The van der Waals surface area contributed by atoms with Gasteiger partial charge >= 0.3 is 6.18 Å². The highest BCUT2D eigenvalue weighted by Crippen LogP contribution is 2.36. The second-order valence-corrected chi connectivity index (χ2v) is 6.38. The first-order chi connectivity index (χ1) is 12.0. The molecule has 2 heterocycles. The van der Waals surface area contributed by atoms with Gasteiger partial charge in [0.05, 0.1) is 17.0 Å². The van der Waals surface area contributed by atoms with Crippen molar-refractivity contribution in [2.75, 3.05) is 19.6 Å². The Morgan fingerprint density at radius 3 is 2.56 bits per heavy atom. The molecule has 134 valence electrons. The van der Waals surface area contributed by atoms with E-state index in [1.54, 1.807) is 18.2 Å². The van der Waals surface area contributed by atoms with E-state index in [-0.39, 0.29) is 5.56 Å². The Morgan fingerprint density at radius 2 is 1.80 bits per heavy atom. The Labute approximate surface area is 145 Å². The molecular weight excluding hydrogens is 327 g/mol. The van der Waals surface area contributed by atoms with Gasteiger partial charge in [-0.1, -0.05) is 24.3 Å². The molecule has 0 saturated carbocycles. The van der Waals surface area contributed by atoms with Crippen LogP contribution in [0.3, 0.4) is 0 Å². The van der Waals surface area contributed by atoms with Gasteiger partial charge in [-0.3, -0.25) is 4.98 Å². The molecule has 6 heteroatoms. The van der Waals surface area contributed by atoms with Crippen LogP contribution in [0.1, 0.15) is 24.1 Å². The number of aromatic nitrogens is 1. The number of alkyl halides is 3. The first kappa shape index (κ1) is 17.9. The molecule has 1 aromatic heterocycles. The monoisotopic (exact) mass is 349 g/mol. The molecule has 0 radical (unpaired) electrons. The van der Waals surface area contributed by atoms with E-state index in [1.807, 2.05) is 6.07 Å². The molecule has 0 amide bonds. The van der Waals surface area contributed by atoms with Crippen molar-refractivity contribution in [2.45, 2.75) is 25.6 Å². The second kappa shape index (κ2) is 7.97. The maximum absolute atomic E-state index is 13.2. The minimum atomic E-state index is -4.39.